The number of aryl methyl sites for hydroxylation is 2. The van der Waals surface area contributed by atoms with Gasteiger partial charge in [0.15, 0.2) is 0 Å². The molecule has 4 nitrogen and oxygen atoms in total. The highest BCUT2D eigenvalue weighted by atomic mass is 16.3. The highest BCUT2D eigenvalue weighted by molar-refractivity contribution is 5.75. The fourth-order valence-electron chi connectivity index (χ4n) is 2.60. The molecule has 0 fully saturated rings. The third kappa shape index (κ3) is 2.12. The first-order chi connectivity index (χ1) is 9.70. The van der Waals surface area contributed by atoms with Gasteiger partial charge in [-0.15, -0.1) is 0 Å². The van der Waals surface area contributed by atoms with Crippen LogP contribution >= 0.6 is 0 Å². The highest BCUT2D eigenvalue weighted by Gasteiger charge is 2.18. The number of nitrogens with zero attached hydrogens (tertiary/aromatic N) is 2. The van der Waals surface area contributed by atoms with Crippen molar-refractivity contribution in [2.24, 2.45) is 7.05 Å². The topological polar surface area (TPSA) is 51.2 Å². The van der Waals surface area contributed by atoms with Gasteiger partial charge in [-0.1, -0.05) is 19.1 Å². The molecule has 0 saturated heterocycles. The van der Waals surface area contributed by atoms with Gasteiger partial charge in [0.05, 0.1) is 23.4 Å². The van der Waals surface area contributed by atoms with Crippen LogP contribution in [0.2, 0.25) is 0 Å². The molecule has 104 valence electrons. The molecule has 1 unspecified atom stereocenters. The average molecular weight is 270 g/mol. The lowest BCUT2D eigenvalue weighted by Crippen LogP contribution is -2.07. The van der Waals surface area contributed by atoms with Crippen molar-refractivity contribution < 1.29 is 9.52 Å². The van der Waals surface area contributed by atoms with Gasteiger partial charge >= 0.3 is 0 Å². The first-order valence-electron chi connectivity index (χ1n) is 6.85. The Kier molecular flexibility index (Phi) is 3.32. The van der Waals surface area contributed by atoms with Crippen LogP contribution in [0.5, 0.6) is 0 Å². The zero-order valence-electron chi connectivity index (χ0n) is 11.7. The summed E-state index contributed by atoms with van der Waals surface area (Å²) >= 11 is 0. The summed E-state index contributed by atoms with van der Waals surface area (Å²) in [6.07, 6.45) is 2.31. The summed E-state index contributed by atoms with van der Waals surface area (Å²) in [7, 11) is 1.98. The second kappa shape index (κ2) is 5.13. The van der Waals surface area contributed by atoms with Crippen LogP contribution in [-0.4, -0.2) is 14.7 Å². The van der Waals surface area contributed by atoms with Gasteiger partial charge in [-0.3, -0.25) is 0 Å². The Hall–Kier alpha value is -2.07. The number of aliphatic hydroxyl groups excluding tert-OH is 1. The maximum atomic E-state index is 10.4. The summed E-state index contributed by atoms with van der Waals surface area (Å²) in [5.74, 6) is 1.72. The van der Waals surface area contributed by atoms with Crippen molar-refractivity contribution >= 4 is 11.0 Å². The second-order valence-electron chi connectivity index (χ2n) is 4.95. The second-order valence-corrected chi connectivity index (χ2v) is 4.95. The van der Waals surface area contributed by atoms with Crippen molar-refractivity contribution in [1.29, 1.82) is 0 Å². The third-order valence-corrected chi connectivity index (χ3v) is 3.72. The molecular weight excluding hydrogens is 252 g/mol. The maximum absolute atomic E-state index is 10.4. The van der Waals surface area contributed by atoms with Gasteiger partial charge in [0.25, 0.3) is 0 Å². The largest absolute Gasteiger partial charge is 0.469 e. The molecule has 0 aliphatic carbocycles. The van der Waals surface area contributed by atoms with Crippen molar-refractivity contribution in [3.63, 3.8) is 0 Å². The molecule has 0 amide bonds. The van der Waals surface area contributed by atoms with Crippen LogP contribution in [-0.2, 0) is 19.9 Å². The van der Waals surface area contributed by atoms with E-state index in [9.17, 15) is 5.11 Å². The number of fused-ring (bicyclic) bond motifs is 1. The van der Waals surface area contributed by atoms with E-state index >= 15 is 0 Å². The van der Waals surface area contributed by atoms with Gasteiger partial charge in [0.1, 0.15) is 11.6 Å². The Morgan fingerprint density at radius 1 is 1.30 bits per heavy atom. The van der Waals surface area contributed by atoms with Crippen molar-refractivity contribution in [1.82, 2.24) is 9.55 Å². The first-order valence-corrected chi connectivity index (χ1v) is 6.85. The minimum atomic E-state index is -0.584. The van der Waals surface area contributed by atoms with E-state index in [0.29, 0.717) is 6.42 Å². The number of furan rings is 1. The summed E-state index contributed by atoms with van der Waals surface area (Å²) in [5, 5.41) is 10.4. The Morgan fingerprint density at radius 2 is 2.10 bits per heavy atom. The highest BCUT2D eigenvalue weighted by Crippen LogP contribution is 2.24. The summed E-state index contributed by atoms with van der Waals surface area (Å²) in [4.78, 5) is 4.59. The fourth-order valence-corrected chi connectivity index (χ4v) is 2.60. The predicted molar refractivity (Wildman–Crippen MR) is 77.5 cm³/mol. The minimum absolute atomic E-state index is 0.484. The van der Waals surface area contributed by atoms with Crippen LogP contribution in [0.1, 0.15) is 30.2 Å². The minimum Gasteiger partial charge on any atom is -0.469 e. The lowest BCUT2D eigenvalue weighted by molar-refractivity contribution is 0.172. The molecule has 0 aliphatic heterocycles. The van der Waals surface area contributed by atoms with Gasteiger partial charge < -0.3 is 14.1 Å². The Morgan fingerprint density at radius 3 is 2.85 bits per heavy atom. The normalized spacial score (nSPS) is 12.9. The van der Waals surface area contributed by atoms with E-state index in [1.807, 2.05) is 48.9 Å². The van der Waals surface area contributed by atoms with Crippen molar-refractivity contribution in [3.8, 4) is 0 Å². The number of hydrogen-bond acceptors (Lipinski definition) is 3. The molecule has 1 N–H and O–H groups in total. The summed E-state index contributed by atoms with van der Waals surface area (Å²) in [5.41, 5.74) is 2.90. The Labute approximate surface area is 117 Å². The smallest absolute Gasteiger partial charge is 0.112 e. The van der Waals surface area contributed by atoms with Crippen LogP contribution in [0, 0.1) is 0 Å². The van der Waals surface area contributed by atoms with E-state index in [-0.39, 0.29) is 0 Å². The van der Waals surface area contributed by atoms with Crippen molar-refractivity contribution in [3.05, 3.63) is 53.7 Å². The molecule has 0 aliphatic rings. The van der Waals surface area contributed by atoms with Crippen LogP contribution in [0.4, 0.5) is 0 Å². The molecule has 0 bridgehead atoms. The van der Waals surface area contributed by atoms with Gasteiger partial charge in [0.2, 0.25) is 0 Å². The van der Waals surface area contributed by atoms with Crippen LogP contribution < -0.4 is 0 Å². The number of hydrogen-bond donors (Lipinski definition) is 1. The van der Waals surface area contributed by atoms with E-state index in [1.54, 1.807) is 6.26 Å². The van der Waals surface area contributed by atoms with Crippen LogP contribution in [0.25, 0.3) is 11.0 Å². The van der Waals surface area contributed by atoms with E-state index in [2.05, 4.69) is 4.98 Å². The van der Waals surface area contributed by atoms with E-state index in [0.717, 1.165) is 34.6 Å². The number of para-hydroxylation sites is 2. The third-order valence-electron chi connectivity index (χ3n) is 3.72. The van der Waals surface area contributed by atoms with Gasteiger partial charge in [-0.2, -0.15) is 0 Å². The fraction of sp³-hybridized carbons (Fsp3) is 0.312. The lowest BCUT2D eigenvalue weighted by atomic mass is 10.1. The van der Waals surface area contributed by atoms with Gasteiger partial charge in [0, 0.05) is 25.5 Å². The molecule has 2 aromatic heterocycles. The zero-order valence-corrected chi connectivity index (χ0v) is 11.7. The van der Waals surface area contributed by atoms with E-state index in [4.69, 9.17) is 4.42 Å². The maximum Gasteiger partial charge on any atom is 0.112 e. The predicted octanol–water partition coefficient (Wildman–Crippen LogP) is 3.00. The van der Waals surface area contributed by atoms with Crippen LogP contribution in [0.15, 0.2) is 41.0 Å². The average Bonchev–Trinajstić information content (AvgIpc) is 3.05. The monoisotopic (exact) mass is 270 g/mol. The SMILES string of the molecule is CCc1occc1C(O)Cc1nc2ccccc2n1C. The molecule has 0 saturated carbocycles. The van der Waals surface area contributed by atoms with Gasteiger partial charge in [-0.05, 0) is 18.2 Å². The van der Waals surface area contributed by atoms with Crippen LogP contribution in [0.3, 0.4) is 0 Å². The molecule has 0 spiro atoms. The molecule has 1 aromatic carbocycles. The Balaban J connectivity index is 1.91. The van der Waals surface area contributed by atoms with E-state index < -0.39 is 6.10 Å². The number of benzene rings is 1. The summed E-state index contributed by atoms with van der Waals surface area (Å²) in [6.45, 7) is 2.02. The molecule has 0 radical (unpaired) electrons. The standard InChI is InChI=1S/C16H18N2O2/c1-3-15-11(8-9-20-15)14(19)10-16-17-12-6-4-5-7-13(12)18(16)2/h4-9,14,19H,3,10H2,1-2H3. The summed E-state index contributed by atoms with van der Waals surface area (Å²) < 4.78 is 7.41. The molecule has 20 heavy (non-hydrogen) atoms. The summed E-state index contributed by atoms with van der Waals surface area (Å²) in [6, 6.07) is 9.83. The number of imidazole rings is 1. The lowest BCUT2D eigenvalue weighted by Gasteiger charge is -2.10. The quantitative estimate of drug-likeness (QED) is 0.793. The molecular formula is C16H18N2O2. The number of rotatable bonds is 4. The van der Waals surface area contributed by atoms with E-state index in [1.165, 1.54) is 0 Å². The first kappa shape index (κ1) is 12.9. The molecule has 2 heterocycles. The van der Waals surface area contributed by atoms with Crippen molar-refractivity contribution in [2.75, 3.05) is 0 Å². The number of aromatic nitrogens is 2. The molecule has 1 atom stereocenters. The Bertz CT molecular complexity index is 727. The zero-order chi connectivity index (χ0) is 14.1. The van der Waals surface area contributed by atoms with Gasteiger partial charge in [-0.25, -0.2) is 4.98 Å². The van der Waals surface area contributed by atoms with Crippen molar-refractivity contribution in [2.45, 2.75) is 25.9 Å². The molecule has 4 heteroatoms. The molecule has 3 aromatic rings. The molecule has 3 rings (SSSR count). The number of aliphatic hydroxyl groups is 1.